The fourth-order valence-electron chi connectivity index (χ4n) is 1.71. The van der Waals surface area contributed by atoms with Crippen LogP contribution in [-0.2, 0) is 16.1 Å². The van der Waals surface area contributed by atoms with Crippen LogP contribution < -0.4 is 5.56 Å². The summed E-state index contributed by atoms with van der Waals surface area (Å²) in [6.45, 7) is 4.04. The van der Waals surface area contributed by atoms with Gasteiger partial charge in [0, 0.05) is 25.2 Å². The average molecular weight is 268 g/mol. The average Bonchev–Trinajstić information content (AvgIpc) is 2.31. The Morgan fingerprint density at radius 2 is 2.26 bits per heavy atom. The molecular weight excluding hydrogens is 252 g/mol. The Hall–Kier alpha value is -2.18. The van der Waals surface area contributed by atoms with Gasteiger partial charge in [-0.05, 0) is 18.9 Å². The lowest BCUT2D eigenvalue weighted by atomic mass is 10.1. The molecule has 7 heteroatoms. The lowest BCUT2D eigenvalue weighted by molar-refractivity contribution is -0.386. The van der Waals surface area contributed by atoms with E-state index in [0.29, 0.717) is 6.61 Å². The van der Waals surface area contributed by atoms with Crippen LogP contribution in [0.4, 0.5) is 5.69 Å². The molecule has 0 radical (unpaired) electrons. The molecular formula is C12H16N2O5. The topological polar surface area (TPSA) is 91.4 Å². The number of ether oxygens (including phenoxy) is 1. The zero-order chi connectivity index (χ0) is 14.4. The maximum atomic E-state index is 11.8. The van der Waals surface area contributed by atoms with Gasteiger partial charge in [0.15, 0.2) is 0 Å². The van der Waals surface area contributed by atoms with E-state index in [4.69, 9.17) is 4.74 Å². The van der Waals surface area contributed by atoms with Crippen LogP contribution in [-0.4, -0.2) is 22.1 Å². The Balaban J connectivity index is 2.77. The van der Waals surface area contributed by atoms with Gasteiger partial charge < -0.3 is 9.30 Å². The largest absolute Gasteiger partial charge is 0.466 e. The maximum absolute atomic E-state index is 11.8. The first kappa shape index (κ1) is 14.9. The van der Waals surface area contributed by atoms with Gasteiger partial charge in [0.1, 0.15) is 0 Å². The molecule has 104 valence electrons. The van der Waals surface area contributed by atoms with E-state index in [0.717, 1.165) is 6.07 Å². The Bertz CT molecular complexity index is 523. The lowest BCUT2D eigenvalue weighted by Crippen LogP contribution is -2.25. The summed E-state index contributed by atoms with van der Waals surface area (Å²) in [7, 11) is 0. The minimum Gasteiger partial charge on any atom is -0.466 e. The quantitative estimate of drug-likeness (QED) is 0.441. The predicted molar refractivity (Wildman–Crippen MR) is 67.8 cm³/mol. The van der Waals surface area contributed by atoms with Crippen molar-refractivity contribution in [3.05, 3.63) is 38.8 Å². The molecule has 0 aromatic carbocycles. The third-order valence-corrected chi connectivity index (χ3v) is 2.53. The third kappa shape index (κ3) is 4.20. The van der Waals surface area contributed by atoms with Crippen LogP contribution >= 0.6 is 0 Å². The van der Waals surface area contributed by atoms with E-state index in [1.54, 1.807) is 13.8 Å². The molecule has 1 aromatic heterocycles. The highest BCUT2D eigenvalue weighted by Crippen LogP contribution is 2.08. The van der Waals surface area contributed by atoms with Gasteiger partial charge in [-0.2, -0.15) is 0 Å². The molecule has 0 aliphatic heterocycles. The summed E-state index contributed by atoms with van der Waals surface area (Å²) >= 11 is 0. The van der Waals surface area contributed by atoms with Crippen molar-refractivity contribution in [1.82, 2.24) is 4.57 Å². The van der Waals surface area contributed by atoms with Gasteiger partial charge in [-0.25, -0.2) is 0 Å². The number of pyridine rings is 1. The molecule has 1 heterocycles. The van der Waals surface area contributed by atoms with Gasteiger partial charge in [-0.15, -0.1) is 0 Å². The smallest absolute Gasteiger partial charge is 0.334 e. The van der Waals surface area contributed by atoms with Crippen LogP contribution in [0.1, 0.15) is 20.3 Å². The van der Waals surface area contributed by atoms with Crippen molar-refractivity contribution >= 4 is 11.7 Å². The van der Waals surface area contributed by atoms with Crippen LogP contribution in [0.25, 0.3) is 0 Å². The van der Waals surface area contributed by atoms with Crippen LogP contribution in [0.3, 0.4) is 0 Å². The van der Waals surface area contributed by atoms with Gasteiger partial charge in [-0.3, -0.25) is 19.7 Å². The summed E-state index contributed by atoms with van der Waals surface area (Å²) in [6, 6.07) is 2.60. The molecule has 19 heavy (non-hydrogen) atoms. The highest BCUT2D eigenvalue weighted by molar-refractivity contribution is 5.69. The number of hydrogen-bond acceptors (Lipinski definition) is 5. The van der Waals surface area contributed by atoms with Crippen molar-refractivity contribution in [2.24, 2.45) is 5.92 Å². The Morgan fingerprint density at radius 3 is 2.84 bits per heavy atom. The lowest BCUT2D eigenvalue weighted by Gasteiger charge is -2.12. The van der Waals surface area contributed by atoms with E-state index < -0.39 is 16.2 Å². The minimum atomic E-state index is -0.713. The first-order valence-corrected chi connectivity index (χ1v) is 5.95. The number of nitrogens with zero attached hydrogens (tertiary/aromatic N) is 2. The van der Waals surface area contributed by atoms with Crippen molar-refractivity contribution < 1.29 is 14.5 Å². The van der Waals surface area contributed by atoms with Gasteiger partial charge >= 0.3 is 17.2 Å². The van der Waals surface area contributed by atoms with Crippen molar-refractivity contribution in [2.45, 2.75) is 26.8 Å². The zero-order valence-corrected chi connectivity index (χ0v) is 10.9. The molecule has 0 N–H and O–H groups in total. The Labute approximate surface area is 110 Å². The highest BCUT2D eigenvalue weighted by atomic mass is 16.6. The van der Waals surface area contributed by atoms with Crippen molar-refractivity contribution in [3.63, 3.8) is 0 Å². The van der Waals surface area contributed by atoms with Crippen LogP contribution in [0.15, 0.2) is 23.1 Å². The first-order chi connectivity index (χ1) is 8.95. The summed E-state index contributed by atoms with van der Waals surface area (Å²) in [4.78, 5) is 33.0. The molecule has 0 spiro atoms. The second-order valence-electron chi connectivity index (χ2n) is 4.22. The number of carbonyl (C=O) groups excluding carboxylic acids is 1. The number of hydrogen-bond donors (Lipinski definition) is 0. The SMILES string of the molecule is CCOC(=O)C[C@H](C)Cn1cccc([N+](=O)[O-])c1=O. The number of carbonyl (C=O) groups is 1. The second kappa shape index (κ2) is 6.67. The molecule has 1 aromatic rings. The molecule has 1 atom stereocenters. The summed E-state index contributed by atoms with van der Waals surface area (Å²) in [5.74, 6) is -0.479. The number of nitro groups is 1. The molecule has 0 fully saturated rings. The predicted octanol–water partition coefficient (Wildman–Crippen LogP) is 1.35. The van der Waals surface area contributed by atoms with E-state index in [-0.39, 0.29) is 24.9 Å². The minimum absolute atomic E-state index is 0.140. The number of aromatic nitrogens is 1. The Kier molecular flexibility index (Phi) is 5.23. The first-order valence-electron chi connectivity index (χ1n) is 5.95. The summed E-state index contributed by atoms with van der Waals surface area (Å²) in [5, 5.41) is 10.6. The standard InChI is InChI=1S/C12H16N2O5/c1-3-19-11(15)7-9(2)8-13-6-4-5-10(12(13)16)14(17)18/h4-6,9H,3,7-8H2,1-2H3/t9-/m0/s1. The fraction of sp³-hybridized carbons (Fsp3) is 0.500. The maximum Gasteiger partial charge on any atom is 0.334 e. The van der Waals surface area contributed by atoms with Crippen LogP contribution in [0.2, 0.25) is 0 Å². The normalized spacial score (nSPS) is 11.9. The van der Waals surface area contributed by atoms with Crippen molar-refractivity contribution in [2.75, 3.05) is 6.61 Å². The van der Waals surface area contributed by atoms with E-state index >= 15 is 0 Å². The van der Waals surface area contributed by atoms with Crippen LogP contribution in [0.5, 0.6) is 0 Å². The molecule has 1 rings (SSSR count). The summed E-state index contributed by atoms with van der Waals surface area (Å²) in [6.07, 6.45) is 1.64. The Morgan fingerprint density at radius 1 is 1.58 bits per heavy atom. The number of rotatable bonds is 6. The van der Waals surface area contributed by atoms with Crippen molar-refractivity contribution in [3.8, 4) is 0 Å². The van der Waals surface area contributed by atoms with Gasteiger partial charge in [0.05, 0.1) is 11.5 Å². The van der Waals surface area contributed by atoms with Crippen molar-refractivity contribution in [1.29, 1.82) is 0 Å². The van der Waals surface area contributed by atoms with E-state index in [1.807, 2.05) is 0 Å². The molecule has 0 aliphatic carbocycles. The second-order valence-corrected chi connectivity index (χ2v) is 4.22. The van der Waals surface area contributed by atoms with Gasteiger partial charge in [-0.1, -0.05) is 6.92 Å². The monoisotopic (exact) mass is 268 g/mol. The highest BCUT2D eigenvalue weighted by Gasteiger charge is 2.16. The van der Waals surface area contributed by atoms with Gasteiger partial charge in [0.25, 0.3) is 0 Å². The molecule has 0 saturated heterocycles. The molecule has 0 saturated carbocycles. The van der Waals surface area contributed by atoms with E-state index in [2.05, 4.69) is 0 Å². The molecule has 0 unspecified atom stereocenters. The molecule has 0 amide bonds. The third-order valence-electron chi connectivity index (χ3n) is 2.53. The van der Waals surface area contributed by atoms with E-state index in [9.17, 15) is 19.7 Å². The summed E-state index contributed by atoms with van der Waals surface area (Å²) < 4.78 is 6.05. The number of esters is 1. The molecule has 7 nitrogen and oxygen atoms in total. The molecule has 0 bridgehead atoms. The fourth-order valence-corrected chi connectivity index (χ4v) is 1.71. The molecule has 0 aliphatic rings. The van der Waals surface area contributed by atoms with E-state index in [1.165, 1.54) is 16.8 Å². The summed E-state index contributed by atoms with van der Waals surface area (Å²) in [5.41, 5.74) is -1.13. The van der Waals surface area contributed by atoms with Crippen LogP contribution in [0, 0.1) is 16.0 Å². The van der Waals surface area contributed by atoms with Gasteiger partial charge in [0.2, 0.25) is 0 Å². The zero-order valence-electron chi connectivity index (χ0n) is 10.9.